The minimum absolute atomic E-state index is 0.155. The van der Waals surface area contributed by atoms with Crippen LogP contribution >= 0.6 is 0 Å². The zero-order valence-electron chi connectivity index (χ0n) is 12.0. The molecule has 2 unspecified atom stereocenters. The molecule has 1 aromatic heterocycles. The number of fused-ring (bicyclic) bond motifs is 2. The third kappa shape index (κ3) is 1.82. The van der Waals surface area contributed by atoms with Gasteiger partial charge in [-0.25, -0.2) is 0 Å². The Balaban J connectivity index is 1.68. The van der Waals surface area contributed by atoms with E-state index in [4.69, 9.17) is 4.42 Å². The molecule has 2 aromatic rings. The summed E-state index contributed by atoms with van der Waals surface area (Å²) in [5, 5.41) is 0.517. The van der Waals surface area contributed by atoms with E-state index in [0.29, 0.717) is 22.3 Å². The first kappa shape index (κ1) is 12.6. The van der Waals surface area contributed by atoms with Crippen molar-refractivity contribution in [1.82, 2.24) is 4.90 Å². The minimum atomic E-state index is -0.158. The van der Waals surface area contributed by atoms with Crippen molar-refractivity contribution in [2.24, 2.45) is 11.3 Å². The average Bonchev–Trinajstić information content (AvgIpc) is 3.08. The van der Waals surface area contributed by atoms with Gasteiger partial charge in [-0.3, -0.25) is 9.59 Å². The van der Waals surface area contributed by atoms with Gasteiger partial charge in [0.1, 0.15) is 5.58 Å². The van der Waals surface area contributed by atoms with E-state index in [9.17, 15) is 9.59 Å². The van der Waals surface area contributed by atoms with Crippen LogP contribution in [0.15, 0.2) is 39.5 Å². The number of para-hydroxylation sites is 1. The van der Waals surface area contributed by atoms with Gasteiger partial charge in [0.2, 0.25) is 0 Å². The maximum Gasteiger partial charge on any atom is 0.289 e. The Hall–Kier alpha value is -2.10. The highest BCUT2D eigenvalue weighted by atomic mass is 16.3. The van der Waals surface area contributed by atoms with Crippen LogP contribution in [0.5, 0.6) is 0 Å². The quantitative estimate of drug-likeness (QED) is 0.851. The molecule has 108 valence electrons. The summed E-state index contributed by atoms with van der Waals surface area (Å²) in [6.07, 6.45) is 2.35. The van der Waals surface area contributed by atoms with Crippen LogP contribution in [0.3, 0.4) is 0 Å². The molecule has 2 fully saturated rings. The molecular formula is C17H17NO3. The second-order valence-corrected chi connectivity index (χ2v) is 6.27. The lowest BCUT2D eigenvalue weighted by Crippen LogP contribution is -2.32. The molecule has 4 nitrogen and oxygen atoms in total. The van der Waals surface area contributed by atoms with Crippen molar-refractivity contribution < 1.29 is 9.21 Å². The molecule has 2 aliphatic rings. The molecule has 4 rings (SSSR count). The summed E-state index contributed by atoms with van der Waals surface area (Å²) >= 11 is 0. The molecule has 1 saturated heterocycles. The highest BCUT2D eigenvalue weighted by Gasteiger charge is 2.59. The van der Waals surface area contributed by atoms with E-state index in [1.165, 1.54) is 12.5 Å². The first-order valence-electron chi connectivity index (χ1n) is 7.45. The van der Waals surface area contributed by atoms with Gasteiger partial charge in [0.25, 0.3) is 5.91 Å². The number of amides is 1. The lowest BCUT2D eigenvalue weighted by atomic mass is 10.0. The van der Waals surface area contributed by atoms with Gasteiger partial charge in [0.05, 0.1) is 5.39 Å². The number of piperidine rings is 1. The van der Waals surface area contributed by atoms with E-state index < -0.39 is 0 Å². The Labute approximate surface area is 122 Å². The SMILES string of the molecule is CCC12CC1CN(C(=O)c1cc(=O)c3ccccc3o1)C2. The van der Waals surface area contributed by atoms with Gasteiger partial charge in [0.15, 0.2) is 11.2 Å². The number of likely N-dealkylation sites (tertiary alicyclic amines) is 1. The molecule has 1 aliphatic carbocycles. The van der Waals surface area contributed by atoms with Crippen molar-refractivity contribution in [2.75, 3.05) is 13.1 Å². The summed E-state index contributed by atoms with van der Waals surface area (Å²) in [4.78, 5) is 26.5. The van der Waals surface area contributed by atoms with Crippen molar-refractivity contribution in [3.63, 3.8) is 0 Å². The van der Waals surface area contributed by atoms with Gasteiger partial charge in [-0.15, -0.1) is 0 Å². The van der Waals surface area contributed by atoms with Gasteiger partial charge in [-0.2, -0.15) is 0 Å². The number of hydrogen-bond acceptors (Lipinski definition) is 3. The Morgan fingerprint density at radius 2 is 2.24 bits per heavy atom. The largest absolute Gasteiger partial charge is 0.451 e. The second kappa shape index (κ2) is 4.20. The number of carbonyl (C=O) groups is 1. The van der Waals surface area contributed by atoms with Crippen LogP contribution in [-0.2, 0) is 0 Å². The molecule has 0 spiro atoms. The molecule has 4 heteroatoms. The molecule has 0 bridgehead atoms. The van der Waals surface area contributed by atoms with Gasteiger partial charge in [-0.1, -0.05) is 19.1 Å². The van der Waals surface area contributed by atoms with Gasteiger partial charge in [0, 0.05) is 19.2 Å². The number of rotatable bonds is 2. The normalized spacial score (nSPS) is 26.9. The zero-order valence-corrected chi connectivity index (χ0v) is 12.0. The van der Waals surface area contributed by atoms with Gasteiger partial charge >= 0.3 is 0 Å². The number of hydrogen-bond donors (Lipinski definition) is 0. The van der Waals surface area contributed by atoms with Crippen molar-refractivity contribution in [3.8, 4) is 0 Å². The lowest BCUT2D eigenvalue weighted by molar-refractivity contribution is 0.0733. The summed E-state index contributed by atoms with van der Waals surface area (Å²) in [6, 6.07) is 8.36. The van der Waals surface area contributed by atoms with Gasteiger partial charge in [-0.05, 0) is 36.3 Å². The molecule has 1 aliphatic heterocycles. The molecule has 2 atom stereocenters. The standard InChI is InChI=1S/C17H17NO3/c1-2-17-8-11(17)9-18(10-17)16(20)15-7-13(19)12-5-3-4-6-14(12)21-15/h3-7,11H,2,8-10H2,1H3. The maximum absolute atomic E-state index is 12.6. The fourth-order valence-electron chi connectivity index (χ4n) is 3.66. The predicted octanol–water partition coefficient (Wildman–Crippen LogP) is 2.67. The van der Waals surface area contributed by atoms with E-state index >= 15 is 0 Å². The molecule has 1 saturated carbocycles. The highest BCUT2D eigenvalue weighted by Crippen LogP contribution is 2.59. The molecule has 0 radical (unpaired) electrons. The monoisotopic (exact) mass is 283 g/mol. The van der Waals surface area contributed by atoms with E-state index in [0.717, 1.165) is 19.5 Å². The van der Waals surface area contributed by atoms with Crippen LogP contribution in [-0.4, -0.2) is 23.9 Å². The summed E-state index contributed by atoms with van der Waals surface area (Å²) in [6.45, 7) is 3.77. The topological polar surface area (TPSA) is 50.5 Å². The van der Waals surface area contributed by atoms with Crippen LogP contribution in [0.25, 0.3) is 11.0 Å². The Bertz CT molecular complexity index is 790. The maximum atomic E-state index is 12.6. The summed E-state index contributed by atoms with van der Waals surface area (Å²) < 4.78 is 5.64. The van der Waals surface area contributed by atoms with E-state index in [1.54, 1.807) is 24.3 Å². The molecule has 2 heterocycles. The van der Waals surface area contributed by atoms with Crippen molar-refractivity contribution in [3.05, 3.63) is 46.3 Å². The van der Waals surface area contributed by atoms with Crippen LogP contribution in [0.2, 0.25) is 0 Å². The number of nitrogens with zero attached hydrogens (tertiary/aromatic N) is 1. The van der Waals surface area contributed by atoms with Gasteiger partial charge < -0.3 is 9.32 Å². The van der Waals surface area contributed by atoms with Crippen LogP contribution in [0, 0.1) is 11.3 Å². The Morgan fingerprint density at radius 3 is 3.00 bits per heavy atom. The minimum Gasteiger partial charge on any atom is -0.451 e. The summed E-state index contributed by atoms with van der Waals surface area (Å²) in [5.74, 6) is 0.641. The summed E-state index contributed by atoms with van der Waals surface area (Å²) in [7, 11) is 0. The third-order valence-electron chi connectivity index (χ3n) is 5.14. The van der Waals surface area contributed by atoms with Crippen molar-refractivity contribution in [1.29, 1.82) is 0 Å². The average molecular weight is 283 g/mol. The smallest absolute Gasteiger partial charge is 0.289 e. The molecule has 1 amide bonds. The Morgan fingerprint density at radius 1 is 1.43 bits per heavy atom. The molecule has 21 heavy (non-hydrogen) atoms. The predicted molar refractivity (Wildman–Crippen MR) is 79.2 cm³/mol. The summed E-state index contributed by atoms with van der Waals surface area (Å²) in [5.41, 5.74) is 0.657. The second-order valence-electron chi connectivity index (χ2n) is 6.27. The zero-order chi connectivity index (χ0) is 14.6. The fourth-order valence-corrected chi connectivity index (χ4v) is 3.66. The molecule has 1 aromatic carbocycles. The van der Waals surface area contributed by atoms with E-state index in [1.807, 2.05) is 4.90 Å². The molecular weight excluding hydrogens is 266 g/mol. The third-order valence-corrected chi connectivity index (χ3v) is 5.14. The first-order valence-corrected chi connectivity index (χ1v) is 7.45. The molecule has 0 N–H and O–H groups in total. The van der Waals surface area contributed by atoms with Crippen molar-refractivity contribution in [2.45, 2.75) is 19.8 Å². The van der Waals surface area contributed by atoms with E-state index in [-0.39, 0.29) is 17.1 Å². The first-order chi connectivity index (χ1) is 10.1. The lowest BCUT2D eigenvalue weighted by Gasteiger charge is -2.19. The van der Waals surface area contributed by atoms with Crippen LogP contribution < -0.4 is 5.43 Å². The number of carbonyl (C=O) groups excluding carboxylic acids is 1. The van der Waals surface area contributed by atoms with Crippen molar-refractivity contribution >= 4 is 16.9 Å². The van der Waals surface area contributed by atoms with Crippen LogP contribution in [0.4, 0.5) is 0 Å². The Kier molecular flexibility index (Phi) is 2.52. The highest BCUT2D eigenvalue weighted by molar-refractivity contribution is 5.93. The fraction of sp³-hybridized carbons (Fsp3) is 0.412. The van der Waals surface area contributed by atoms with Crippen LogP contribution in [0.1, 0.15) is 30.3 Å². The van der Waals surface area contributed by atoms with E-state index in [2.05, 4.69) is 6.92 Å². The number of benzene rings is 1.